The van der Waals surface area contributed by atoms with Crippen molar-refractivity contribution in [3.63, 3.8) is 0 Å². The molecule has 0 radical (unpaired) electrons. The molecule has 1 unspecified atom stereocenters. The molecular formula is C15H21N5O3. The molecule has 0 spiro atoms. The van der Waals surface area contributed by atoms with Gasteiger partial charge < -0.3 is 18.6 Å². The Labute approximate surface area is 134 Å². The SMILES string of the molecule is CCc1nc(CC2CN(c3nnc(C4CCC4)o3)CCO2)no1. The second-order valence-electron chi connectivity index (χ2n) is 6.15. The van der Waals surface area contributed by atoms with Crippen molar-refractivity contribution in [2.24, 2.45) is 0 Å². The molecule has 1 aliphatic heterocycles. The Kier molecular flexibility index (Phi) is 3.99. The fourth-order valence-electron chi connectivity index (χ4n) is 2.91. The van der Waals surface area contributed by atoms with Crippen LogP contribution in [0.1, 0.15) is 49.7 Å². The van der Waals surface area contributed by atoms with Crippen LogP contribution >= 0.6 is 0 Å². The average Bonchev–Trinajstić information content (AvgIpc) is 3.15. The summed E-state index contributed by atoms with van der Waals surface area (Å²) in [5, 5.41) is 12.4. The van der Waals surface area contributed by atoms with Crippen LogP contribution in [-0.4, -0.2) is 46.1 Å². The molecule has 1 saturated heterocycles. The Hall–Kier alpha value is -1.96. The van der Waals surface area contributed by atoms with Crippen molar-refractivity contribution in [2.45, 2.75) is 51.0 Å². The first-order valence-corrected chi connectivity index (χ1v) is 8.33. The molecule has 124 valence electrons. The quantitative estimate of drug-likeness (QED) is 0.823. The van der Waals surface area contributed by atoms with Crippen molar-refractivity contribution in [2.75, 3.05) is 24.6 Å². The minimum atomic E-state index is 0.00473. The Morgan fingerprint density at radius 3 is 2.91 bits per heavy atom. The second-order valence-corrected chi connectivity index (χ2v) is 6.15. The van der Waals surface area contributed by atoms with Crippen LogP contribution in [0.3, 0.4) is 0 Å². The lowest BCUT2D eigenvalue weighted by Crippen LogP contribution is -2.43. The highest BCUT2D eigenvalue weighted by Crippen LogP contribution is 2.36. The first kappa shape index (κ1) is 14.6. The minimum absolute atomic E-state index is 0.00473. The van der Waals surface area contributed by atoms with Crippen molar-refractivity contribution in [1.29, 1.82) is 0 Å². The van der Waals surface area contributed by atoms with Gasteiger partial charge in [-0.25, -0.2) is 0 Å². The molecule has 8 nitrogen and oxygen atoms in total. The number of hydrogen-bond donors (Lipinski definition) is 0. The van der Waals surface area contributed by atoms with Gasteiger partial charge in [0.1, 0.15) is 0 Å². The van der Waals surface area contributed by atoms with E-state index in [2.05, 4.69) is 25.2 Å². The van der Waals surface area contributed by atoms with Gasteiger partial charge in [-0.2, -0.15) is 4.98 Å². The highest BCUT2D eigenvalue weighted by atomic mass is 16.5. The summed E-state index contributed by atoms with van der Waals surface area (Å²) in [6, 6.07) is 0.600. The summed E-state index contributed by atoms with van der Waals surface area (Å²) < 4.78 is 16.8. The zero-order valence-electron chi connectivity index (χ0n) is 13.3. The van der Waals surface area contributed by atoms with Crippen molar-refractivity contribution < 1.29 is 13.7 Å². The van der Waals surface area contributed by atoms with Crippen molar-refractivity contribution in [3.05, 3.63) is 17.6 Å². The number of ether oxygens (including phenoxy) is 1. The van der Waals surface area contributed by atoms with Gasteiger partial charge in [-0.1, -0.05) is 23.6 Å². The van der Waals surface area contributed by atoms with Gasteiger partial charge in [-0.15, -0.1) is 5.10 Å². The summed E-state index contributed by atoms with van der Waals surface area (Å²) in [5.41, 5.74) is 0. The van der Waals surface area contributed by atoms with Crippen LogP contribution in [0.15, 0.2) is 8.94 Å². The summed E-state index contributed by atoms with van der Waals surface area (Å²) in [6.07, 6.45) is 4.95. The summed E-state index contributed by atoms with van der Waals surface area (Å²) in [6.45, 7) is 4.08. The van der Waals surface area contributed by atoms with Gasteiger partial charge in [0, 0.05) is 31.8 Å². The van der Waals surface area contributed by atoms with Crippen LogP contribution in [0.5, 0.6) is 0 Å². The fraction of sp³-hybridized carbons (Fsp3) is 0.733. The van der Waals surface area contributed by atoms with Crippen LogP contribution in [0, 0.1) is 0 Å². The molecule has 1 saturated carbocycles. The largest absolute Gasteiger partial charge is 0.408 e. The molecule has 8 heteroatoms. The summed E-state index contributed by atoms with van der Waals surface area (Å²) in [5.74, 6) is 2.59. The van der Waals surface area contributed by atoms with E-state index >= 15 is 0 Å². The van der Waals surface area contributed by atoms with E-state index < -0.39 is 0 Å². The molecule has 1 aliphatic carbocycles. The van der Waals surface area contributed by atoms with E-state index in [0.29, 0.717) is 43.2 Å². The number of hydrogen-bond acceptors (Lipinski definition) is 8. The fourth-order valence-corrected chi connectivity index (χ4v) is 2.91. The third-order valence-corrected chi connectivity index (χ3v) is 4.52. The molecule has 2 aromatic rings. The highest BCUT2D eigenvalue weighted by molar-refractivity contribution is 5.26. The summed E-state index contributed by atoms with van der Waals surface area (Å²) in [4.78, 5) is 6.43. The van der Waals surface area contributed by atoms with Gasteiger partial charge in [0.2, 0.25) is 11.8 Å². The predicted molar refractivity (Wildman–Crippen MR) is 80.2 cm³/mol. The molecule has 0 amide bonds. The molecule has 4 rings (SSSR count). The van der Waals surface area contributed by atoms with Crippen LogP contribution in [0.4, 0.5) is 6.01 Å². The van der Waals surface area contributed by atoms with Gasteiger partial charge >= 0.3 is 6.01 Å². The van der Waals surface area contributed by atoms with E-state index in [1.807, 2.05) is 6.92 Å². The number of aryl methyl sites for hydroxylation is 1. The monoisotopic (exact) mass is 319 g/mol. The maximum Gasteiger partial charge on any atom is 0.318 e. The normalized spacial score (nSPS) is 22.3. The van der Waals surface area contributed by atoms with Crippen LogP contribution in [-0.2, 0) is 17.6 Å². The average molecular weight is 319 g/mol. The standard InChI is InChI=1S/C15H21N5O3/c1-2-13-16-12(19-23-13)8-11-9-20(6-7-21-11)15-18-17-14(22-15)10-4-3-5-10/h10-11H,2-9H2,1H3. The molecule has 3 heterocycles. The smallest absolute Gasteiger partial charge is 0.318 e. The highest BCUT2D eigenvalue weighted by Gasteiger charge is 2.29. The van der Waals surface area contributed by atoms with Crippen molar-refractivity contribution >= 4 is 6.01 Å². The van der Waals surface area contributed by atoms with Gasteiger partial charge in [0.25, 0.3) is 0 Å². The lowest BCUT2D eigenvalue weighted by molar-refractivity contribution is 0.0376. The Morgan fingerprint density at radius 1 is 1.26 bits per heavy atom. The van der Waals surface area contributed by atoms with E-state index in [4.69, 9.17) is 13.7 Å². The van der Waals surface area contributed by atoms with Gasteiger partial charge in [-0.05, 0) is 12.8 Å². The van der Waals surface area contributed by atoms with Crippen LogP contribution in [0.2, 0.25) is 0 Å². The third-order valence-electron chi connectivity index (χ3n) is 4.52. The summed E-state index contributed by atoms with van der Waals surface area (Å²) >= 11 is 0. The molecule has 23 heavy (non-hydrogen) atoms. The van der Waals surface area contributed by atoms with E-state index in [0.717, 1.165) is 31.7 Å². The van der Waals surface area contributed by atoms with E-state index in [1.54, 1.807) is 0 Å². The number of nitrogens with zero attached hydrogens (tertiary/aromatic N) is 5. The van der Waals surface area contributed by atoms with E-state index in [-0.39, 0.29) is 6.10 Å². The van der Waals surface area contributed by atoms with Crippen molar-refractivity contribution in [3.8, 4) is 0 Å². The lowest BCUT2D eigenvalue weighted by atomic mass is 9.85. The van der Waals surface area contributed by atoms with Crippen LogP contribution < -0.4 is 4.90 Å². The third kappa shape index (κ3) is 3.08. The Bertz CT molecular complexity index is 651. The molecule has 0 bridgehead atoms. The molecule has 2 aromatic heterocycles. The zero-order valence-corrected chi connectivity index (χ0v) is 13.3. The minimum Gasteiger partial charge on any atom is -0.408 e. The first-order chi connectivity index (χ1) is 11.3. The van der Waals surface area contributed by atoms with Gasteiger partial charge in [-0.3, -0.25) is 0 Å². The maximum absolute atomic E-state index is 5.85. The topological polar surface area (TPSA) is 90.3 Å². The molecule has 0 N–H and O–H groups in total. The predicted octanol–water partition coefficient (Wildman–Crippen LogP) is 1.73. The lowest BCUT2D eigenvalue weighted by Gasteiger charge is -2.31. The number of morpholine rings is 1. The molecule has 2 fully saturated rings. The zero-order chi connectivity index (χ0) is 15.6. The molecule has 0 aromatic carbocycles. The van der Waals surface area contributed by atoms with E-state index in [1.165, 1.54) is 6.42 Å². The second kappa shape index (κ2) is 6.27. The Balaban J connectivity index is 1.39. The molecule has 1 atom stereocenters. The summed E-state index contributed by atoms with van der Waals surface area (Å²) in [7, 11) is 0. The van der Waals surface area contributed by atoms with Crippen molar-refractivity contribution in [1.82, 2.24) is 20.3 Å². The molecule has 2 aliphatic rings. The van der Waals surface area contributed by atoms with Gasteiger partial charge in [0.05, 0.1) is 12.7 Å². The number of aromatic nitrogens is 4. The van der Waals surface area contributed by atoms with Crippen LogP contribution in [0.25, 0.3) is 0 Å². The number of anilines is 1. The number of rotatable bonds is 5. The maximum atomic E-state index is 5.85. The van der Waals surface area contributed by atoms with E-state index in [9.17, 15) is 0 Å². The Morgan fingerprint density at radius 2 is 2.17 bits per heavy atom. The van der Waals surface area contributed by atoms with Gasteiger partial charge in [0.15, 0.2) is 5.82 Å². The first-order valence-electron chi connectivity index (χ1n) is 8.33. The molecular weight excluding hydrogens is 298 g/mol.